The second-order valence-electron chi connectivity index (χ2n) is 11.6. The maximum absolute atomic E-state index is 13.9. The first-order chi connectivity index (χ1) is 18.3. The van der Waals surface area contributed by atoms with Crippen LogP contribution in [0.2, 0.25) is 0 Å². The highest BCUT2D eigenvalue weighted by molar-refractivity contribution is 7.98. The smallest absolute Gasteiger partial charge is 0.408 e. The van der Waals surface area contributed by atoms with Crippen molar-refractivity contribution in [1.29, 1.82) is 0 Å². The van der Waals surface area contributed by atoms with Gasteiger partial charge in [-0.2, -0.15) is 0 Å². The van der Waals surface area contributed by atoms with Gasteiger partial charge in [0.25, 0.3) is 5.91 Å². The number of hydrogen-bond acceptors (Lipinski definition) is 6. The molecule has 1 saturated heterocycles. The minimum atomic E-state index is -0.768. The summed E-state index contributed by atoms with van der Waals surface area (Å²) < 4.78 is 8.58. The van der Waals surface area contributed by atoms with Crippen molar-refractivity contribution in [2.24, 2.45) is 17.8 Å². The highest BCUT2D eigenvalue weighted by Gasteiger charge is 2.42. The molecule has 3 N–H and O–H groups in total. The van der Waals surface area contributed by atoms with Crippen molar-refractivity contribution in [2.75, 3.05) is 6.54 Å². The number of likely N-dealkylation sites (tertiary alicyclic amines) is 1. The average Bonchev–Trinajstić information content (AvgIpc) is 3.27. The molecule has 0 aromatic heterocycles. The van der Waals surface area contributed by atoms with Crippen molar-refractivity contribution in [3.05, 3.63) is 12.7 Å². The minimum absolute atomic E-state index is 0.0270. The Kier molecular flexibility index (Phi) is 10.0. The van der Waals surface area contributed by atoms with Gasteiger partial charge in [-0.05, 0) is 81.6 Å². The van der Waals surface area contributed by atoms with Crippen LogP contribution in [0, 0.1) is 17.8 Å². The number of alkyl carbamates (subject to hydrolysis) is 1. The maximum Gasteiger partial charge on any atom is 0.408 e. The van der Waals surface area contributed by atoms with Crippen LogP contribution in [0.5, 0.6) is 0 Å². The van der Waals surface area contributed by atoms with Gasteiger partial charge in [0, 0.05) is 17.7 Å². The van der Waals surface area contributed by atoms with Crippen LogP contribution in [0.3, 0.4) is 0 Å². The molecule has 9 nitrogen and oxygen atoms in total. The molecule has 1 aliphatic heterocycles. The molecule has 4 aliphatic rings. The molecule has 0 spiro atoms. The summed E-state index contributed by atoms with van der Waals surface area (Å²) in [7, 11) is 0. The predicted octanol–water partition coefficient (Wildman–Crippen LogP) is 3.68. The number of nitrogens with one attached hydrogen (secondary N) is 3. The molecule has 0 radical (unpaired) electrons. The number of nitrogens with zero attached hydrogens (tertiary/aromatic N) is 1. The molecule has 1 heterocycles. The highest BCUT2D eigenvalue weighted by Crippen LogP contribution is 2.33. The molecule has 3 saturated carbocycles. The van der Waals surface area contributed by atoms with Crippen molar-refractivity contribution < 1.29 is 23.9 Å². The molecule has 212 valence electrons. The molecule has 6 atom stereocenters. The van der Waals surface area contributed by atoms with Gasteiger partial charge in [-0.25, -0.2) is 4.79 Å². The van der Waals surface area contributed by atoms with Crippen LogP contribution >= 0.6 is 11.9 Å². The number of amides is 4. The summed E-state index contributed by atoms with van der Waals surface area (Å²) in [5.41, 5.74) is 0. The number of rotatable bonds is 11. The Morgan fingerprint density at radius 1 is 0.974 bits per heavy atom. The van der Waals surface area contributed by atoms with Gasteiger partial charge in [-0.3, -0.25) is 19.1 Å². The van der Waals surface area contributed by atoms with E-state index in [1.165, 1.54) is 11.9 Å². The summed E-state index contributed by atoms with van der Waals surface area (Å²) in [4.78, 5) is 54.6. The van der Waals surface area contributed by atoms with Crippen LogP contribution in [0.1, 0.15) is 84.5 Å². The molecular weight excluding hydrogens is 504 g/mol. The maximum atomic E-state index is 13.9. The Bertz CT molecular complexity index is 890. The summed E-state index contributed by atoms with van der Waals surface area (Å²) in [6.07, 6.45) is 11.1. The Morgan fingerprint density at radius 3 is 2.34 bits per heavy atom. The molecule has 0 aromatic rings. The molecule has 4 amide bonds. The lowest BCUT2D eigenvalue weighted by atomic mass is 9.96. The molecule has 0 bridgehead atoms. The number of hydrogen-bond donors (Lipinski definition) is 3. The molecule has 4 unspecified atom stereocenters. The van der Waals surface area contributed by atoms with E-state index in [-0.39, 0.29) is 35.7 Å². The first kappa shape index (κ1) is 28.8. The zero-order valence-electron chi connectivity index (χ0n) is 22.8. The molecule has 10 heteroatoms. The van der Waals surface area contributed by atoms with Crippen molar-refractivity contribution >= 4 is 35.8 Å². The van der Waals surface area contributed by atoms with Gasteiger partial charge in [0.1, 0.15) is 24.2 Å². The summed E-state index contributed by atoms with van der Waals surface area (Å²) in [6.45, 7) is 8.17. The Morgan fingerprint density at radius 2 is 1.71 bits per heavy atom. The van der Waals surface area contributed by atoms with Gasteiger partial charge in [-0.15, -0.1) is 6.58 Å². The summed E-state index contributed by atoms with van der Waals surface area (Å²) >= 11 is 1.40. The lowest BCUT2D eigenvalue weighted by molar-refractivity contribution is -0.141. The first-order valence-electron chi connectivity index (χ1n) is 14.4. The van der Waals surface area contributed by atoms with E-state index in [1.807, 2.05) is 6.92 Å². The fourth-order valence-corrected chi connectivity index (χ4v) is 6.73. The Labute approximate surface area is 230 Å². The van der Waals surface area contributed by atoms with Crippen LogP contribution < -0.4 is 15.4 Å². The normalized spacial score (nSPS) is 27.8. The molecule has 3 aliphatic carbocycles. The van der Waals surface area contributed by atoms with Crippen LogP contribution in [-0.2, 0) is 19.1 Å². The predicted molar refractivity (Wildman–Crippen MR) is 147 cm³/mol. The van der Waals surface area contributed by atoms with Crippen molar-refractivity contribution in [1.82, 2.24) is 20.3 Å². The highest BCUT2D eigenvalue weighted by atomic mass is 32.2. The monoisotopic (exact) mass is 548 g/mol. The van der Waals surface area contributed by atoms with E-state index in [0.717, 1.165) is 57.8 Å². The van der Waals surface area contributed by atoms with Crippen LogP contribution in [-0.4, -0.2) is 64.7 Å². The van der Waals surface area contributed by atoms with Crippen molar-refractivity contribution in [3.63, 3.8) is 0 Å². The first-order valence-corrected chi connectivity index (χ1v) is 15.3. The third-order valence-electron chi connectivity index (χ3n) is 8.62. The Balaban J connectivity index is 1.41. The molecule has 0 aromatic carbocycles. The lowest BCUT2D eigenvalue weighted by Crippen LogP contribution is -2.58. The van der Waals surface area contributed by atoms with Gasteiger partial charge >= 0.3 is 6.09 Å². The van der Waals surface area contributed by atoms with E-state index in [1.54, 1.807) is 11.0 Å². The standard InChI is InChI=1S/C28H44N4O5S/c1-4-17(2)23(26(34)31-38-20-14-15-20)29-25(33)21-12-8-16-32(21)27(35)24(19-10-5-6-11-19)30-28(36)37-22-13-7-9-18(22)3/h4,17-24H,1,5-16H2,2-3H3,(H,29,33)(H,30,36)(H,31,34)/t17-,18?,21?,22?,23?,24-/m0/s1. The van der Waals surface area contributed by atoms with Gasteiger partial charge in [0.2, 0.25) is 11.8 Å². The third kappa shape index (κ3) is 7.24. The van der Waals surface area contributed by atoms with Crippen LogP contribution in [0.25, 0.3) is 0 Å². The average molecular weight is 549 g/mol. The summed E-state index contributed by atoms with van der Waals surface area (Å²) in [5, 5.41) is 6.24. The molecule has 4 fully saturated rings. The summed E-state index contributed by atoms with van der Waals surface area (Å²) in [5.74, 6) is -0.752. The van der Waals surface area contributed by atoms with Gasteiger partial charge in [0.15, 0.2) is 0 Å². The molecule has 38 heavy (non-hydrogen) atoms. The quantitative estimate of drug-likeness (QED) is 0.268. The minimum Gasteiger partial charge on any atom is -0.446 e. The third-order valence-corrected chi connectivity index (χ3v) is 9.74. The van der Waals surface area contributed by atoms with Crippen LogP contribution in [0.15, 0.2) is 12.7 Å². The van der Waals surface area contributed by atoms with E-state index in [9.17, 15) is 19.2 Å². The van der Waals surface area contributed by atoms with Gasteiger partial charge in [0.05, 0.1) is 0 Å². The number of ether oxygens (including phenoxy) is 1. The van der Waals surface area contributed by atoms with Crippen molar-refractivity contribution in [2.45, 2.75) is 114 Å². The molecule has 4 rings (SSSR count). The summed E-state index contributed by atoms with van der Waals surface area (Å²) in [6, 6.07) is -2.16. The zero-order valence-corrected chi connectivity index (χ0v) is 23.6. The second kappa shape index (κ2) is 13.2. The zero-order chi connectivity index (χ0) is 27.2. The van der Waals surface area contributed by atoms with E-state index in [2.05, 4.69) is 28.9 Å². The Hall–Kier alpha value is -2.23. The largest absolute Gasteiger partial charge is 0.446 e. The van der Waals surface area contributed by atoms with E-state index < -0.39 is 24.2 Å². The topological polar surface area (TPSA) is 117 Å². The van der Waals surface area contributed by atoms with E-state index >= 15 is 0 Å². The van der Waals surface area contributed by atoms with Crippen LogP contribution in [0.4, 0.5) is 4.79 Å². The lowest BCUT2D eigenvalue weighted by Gasteiger charge is -2.32. The van der Waals surface area contributed by atoms with Crippen molar-refractivity contribution in [3.8, 4) is 0 Å². The number of carbonyl (C=O) groups is 4. The fourth-order valence-electron chi connectivity index (χ4n) is 5.95. The second-order valence-corrected chi connectivity index (χ2v) is 12.7. The fraction of sp³-hybridized carbons (Fsp3) is 0.786. The number of carbonyl (C=O) groups excluding carboxylic acids is 4. The van der Waals surface area contributed by atoms with Gasteiger partial charge < -0.3 is 20.3 Å². The van der Waals surface area contributed by atoms with E-state index in [0.29, 0.717) is 30.6 Å². The molecular formula is C28H44N4O5S. The SMILES string of the molecule is C=C[C@H](C)C(NC(=O)C1CCCN1C(=O)[C@@H](NC(=O)OC1CCCC1C)C1CCCC1)C(=O)NSC1CC1. The van der Waals surface area contributed by atoms with Gasteiger partial charge in [-0.1, -0.05) is 32.8 Å². The van der Waals surface area contributed by atoms with E-state index in [4.69, 9.17) is 4.74 Å².